The Hall–Kier alpha value is -3.50. The Morgan fingerprint density at radius 1 is 1.28 bits per heavy atom. The maximum absolute atomic E-state index is 14.2. The molecule has 208 valence electrons. The van der Waals surface area contributed by atoms with E-state index in [2.05, 4.69) is 29.5 Å². The first-order valence-corrected chi connectivity index (χ1v) is 13.5. The van der Waals surface area contributed by atoms with Crippen LogP contribution in [0.25, 0.3) is 33.6 Å². The van der Waals surface area contributed by atoms with E-state index in [1.807, 2.05) is 23.7 Å². The number of imidazole rings is 1. The van der Waals surface area contributed by atoms with Crippen LogP contribution in [0.2, 0.25) is 0 Å². The molecular weight excluding hydrogens is 499 g/mol. The van der Waals surface area contributed by atoms with Gasteiger partial charge in [-0.1, -0.05) is 20.3 Å². The maximum Gasteiger partial charge on any atom is 0.254 e. The number of likely N-dealkylation sites (tertiary alicyclic amines) is 1. The molecule has 2 N–H and O–H groups in total. The molecule has 4 aromatic rings. The second kappa shape index (κ2) is 10.9. The highest BCUT2D eigenvalue weighted by Crippen LogP contribution is 2.35. The Morgan fingerprint density at radius 2 is 2.08 bits per heavy atom. The number of carbonyl (C=O) groups excluding carboxylic acids is 1. The van der Waals surface area contributed by atoms with Gasteiger partial charge >= 0.3 is 0 Å². The molecule has 10 heteroatoms. The molecule has 1 aliphatic heterocycles. The number of aryl methyl sites for hydroxylation is 1. The zero-order chi connectivity index (χ0) is 27.8. The van der Waals surface area contributed by atoms with Gasteiger partial charge < -0.3 is 29.2 Å². The molecule has 0 saturated carbocycles. The van der Waals surface area contributed by atoms with E-state index in [-0.39, 0.29) is 23.8 Å². The summed E-state index contributed by atoms with van der Waals surface area (Å²) in [6.45, 7) is 7.38. The minimum absolute atomic E-state index is 0.0853. The predicted molar refractivity (Wildman–Crippen MR) is 149 cm³/mol. The predicted octanol–water partition coefficient (Wildman–Crippen LogP) is 4.52. The van der Waals surface area contributed by atoms with Crippen LogP contribution in [0.1, 0.15) is 44.0 Å². The molecule has 4 atom stereocenters. The van der Waals surface area contributed by atoms with Crippen molar-refractivity contribution in [3.63, 3.8) is 0 Å². The molecule has 1 aliphatic rings. The maximum atomic E-state index is 14.2. The lowest BCUT2D eigenvalue weighted by Gasteiger charge is -2.36. The molecule has 5 rings (SSSR count). The van der Waals surface area contributed by atoms with Gasteiger partial charge in [0, 0.05) is 63.9 Å². The van der Waals surface area contributed by atoms with E-state index in [0.29, 0.717) is 47.8 Å². The Balaban J connectivity index is 1.62. The van der Waals surface area contributed by atoms with Crippen molar-refractivity contribution < 1.29 is 18.7 Å². The number of hydrogen-bond acceptors (Lipinski definition) is 6. The molecule has 9 nitrogen and oxygen atoms in total. The van der Waals surface area contributed by atoms with Crippen LogP contribution >= 0.6 is 0 Å². The normalized spacial score (nSPS) is 19.5. The number of rotatable bonds is 8. The van der Waals surface area contributed by atoms with Crippen molar-refractivity contribution in [1.29, 1.82) is 0 Å². The minimum atomic E-state index is -1.57. The summed E-state index contributed by atoms with van der Waals surface area (Å²) in [4.78, 5) is 24.9. The van der Waals surface area contributed by atoms with Gasteiger partial charge in [0.15, 0.2) is 5.82 Å². The number of pyridine rings is 1. The van der Waals surface area contributed by atoms with E-state index >= 15 is 0 Å². The summed E-state index contributed by atoms with van der Waals surface area (Å²) in [5.41, 5.74) is 9.59. The van der Waals surface area contributed by atoms with Crippen molar-refractivity contribution in [2.45, 2.75) is 58.7 Å². The Labute approximate surface area is 227 Å². The lowest BCUT2D eigenvalue weighted by molar-refractivity contribution is 0.0226. The molecule has 1 saturated heterocycles. The number of hydrogen-bond donors (Lipinski definition) is 1. The van der Waals surface area contributed by atoms with Crippen LogP contribution in [-0.2, 0) is 18.3 Å². The quantitative estimate of drug-likeness (QED) is 0.356. The summed E-state index contributed by atoms with van der Waals surface area (Å²) in [5, 5.41) is 1.02. The standard InChI is InChI=1S/C29H37FN6O3/c1-6-17(2)15-36-23(13-19-8-7-10-32-27(19)36)28-33-22-12-20(14-25(39-18(3)30)26(22)34(28)4)29(37)35-11-9-24(38-5)21(31)16-35/h7-8,10,12-14,17-18,21,24H,6,9,11,15-16,31H2,1-5H3/t17?,18?,21-,24+/m0/s1. The fourth-order valence-electron chi connectivity index (χ4n) is 5.45. The molecule has 3 aromatic heterocycles. The number of benzene rings is 1. The van der Waals surface area contributed by atoms with Gasteiger partial charge in [-0.2, -0.15) is 0 Å². The number of carbonyl (C=O) groups is 1. The van der Waals surface area contributed by atoms with E-state index in [1.54, 1.807) is 30.3 Å². The Morgan fingerprint density at radius 3 is 2.77 bits per heavy atom. The van der Waals surface area contributed by atoms with Crippen molar-refractivity contribution in [3.05, 3.63) is 42.1 Å². The molecule has 1 aromatic carbocycles. The van der Waals surface area contributed by atoms with Crippen LogP contribution in [0.15, 0.2) is 36.5 Å². The molecule has 4 heterocycles. The summed E-state index contributed by atoms with van der Waals surface area (Å²) in [7, 11) is 3.52. The third kappa shape index (κ3) is 5.10. The summed E-state index contributed by atoms with van der Waals surface area (Å²) in [6, 6.07) is 9.12. The minimum Gasteiger partial charge on any atom is -0.458 e. The van der Waals surface area contributed by atoms with E-state index < -0.39 is 6.36 Å². The van der Waals surface area contributed by atoms with E-state index in [1.165, 1.54) is 6.92 Å². The summed E-state index contributed by atoms with van der Waals surface area (Å²) in [6.07, 6.45) is 1.82. The number of piperidine rings is 1. The lowest BCUT2D eigenvalue weighted by Crippen LogP contribution is -2.53. The topological polar surface area (TPSA) is 100 Å². The van der Waals surface area contributed by atoms with Crippen LogP contribution in [0.5, 0.6) is 5.75 Å². The highest BCUT2D eigenvalue weighted by atomic mass is 19.1. The molecule has 0 aliphatic carbocycles. The van der Waals surface area contributed by atoms with Gasteiger partial charge in [0.1, 0.15) is 16.9 Å². The number of alkyl halides is 1. The van der Waals surface area contributed by atoms with Crippen LogP contribution in [0.3, 0.4) is 0 Å². The zero-order valence-corrected chi connectivity index (χ0v) is 23.2. The van der Waals surface area contributed by atoms with Crippen molar-refractivity contribution in [3.8, 4) is 17.3 Å². The molecule has 0 spiro atoms. The van der Waals surface area contributed by atoms with Crippen molar-refractivity contribution in [2.24, 2.45) is 18.7 Å². The van der Waals surface area contributed by atoms with Gasteiger partial charge in [0.05, 0.1) is 17.3 Å². The van der Waals surface area contributed by atoms with Crippen LogP contribution in [0.4, 0.5) is 4.39 Å². The first-order valence-electron chi connectivity index (χ1n) is 13.5. The molecule has 39 heavy (non-hydrogen) atoms. The number of nitrogens with zero attached hydrogens (tertiary/aromatic N) is 5. The largest absolute Gasteiger partial charge is 0.458 e. The molecular formula is C29H37FN6O3. The number of ether oxygens (including phenoxy) is 2. The van der Waals surface area contributed by atoms with Crippen molar-refractivity contribution in [1.82, 2.24) is 24.0 Å². The molecule has 0 bridgehead atoms. The van der Waals surface area contributed by atoms with Gasteiger partial charge in [-0.3, -0.25) is 4.79 Å². The highest BCUT2D eigenvalue weighted by Gasteiger charge is 2.31. The molecule has 1 fully saturated rings. The Kier molecular flexibility index (Phi) is 7.59. The van der Waals surface area contributed by atoms with Gasteiger partial charge in [-0.15, -0.1) is 0 Å². The van der Waals surface area contributed by atoms with E-state index in [0.717, 1.165) is 29.7 Å². The van der Waals surface area contributed by atoms with Crippen molar-refractivity contribution >= 4 is 28.0 Å². The second-order valence-corrected chi connectivity index (χ2v) is 10.5. The first-order chi connectivity index (χ1) is 18.7. The average Bonchev–Trinajstić information content (AvgIpc) is 3.44. The van der Waals surface area contributed by atoms with Gasteiger partial charge in [0.25, 0.3) is 5.91 Å². The zero-order valence-electron chi connectivity index (χ0n) is 23.2. The fraction of sp³-hybridized carbons (Fsp3) is 0.483. The van der Waals surface area contributed by atoms with E-state index in [9.17, 15) is 9.18 Å². The second-order valence-electron chi connectivity index (χ2n) is 10.5. The summed E-state index contributed by atoms with van der Waals surface area (Å²) in [5.74, 6) is 1.20. The lowest BCUT2D eigenvalue weighted by atomic mass is 10.0. The van der Waals surface area contributed by atoms with E-state index in [4.69, 9.17) is 20.2 Å². The SMILES string of the molecule is CCC(C)Cn1c(-c2nc3cc(C(=O)N4CC[C@@H](OC)[C@@H](N)C4)cc(OC(C)F)c3n2C)cc2cccnc21. The number of fused-ring (bicyclic) bond motifs is 2. The smallest absolute Gasteiger partial charge is 0.254 e. The van der Waals surface area contributed by atoms with Gasteiger partial charge in [-0.05, 0) is 42.7 Å². The number of nitrogens with two attached hydrogens (primary N) is 1. The summed E-state index contributed by atoms with van der Waals surface area (Å²) >= 11 is 0. The number of amides is 1. The fourth-order valence-corrected chi connectivity index (χ4v) is 5.45. The monoisotopic (exact) mass is 536 g/mol. The number of methoxy groups -OCH3 is 1. The molecule has 2 unspecified atom stereocenters. The van der Waals surface area contributed by atoms with Gasteiger partial charge in [-0.25, -0.2) is 14.4 Å². The number of halogens is 1. The Bertz CT molecular complexity index is 1500. The third-order valence-corrected chi connectivity index (χ3v) is 7.73. The van der Waals surface area contributed by atoms with Crippen molar-refractivity contribution in [2.75, 3.05) is 20.2 Å². The average molecular weight is 537 g/mol. The molecule has 0 radical (unpaired) electrons. The van der Waals surface area contributed by atoms with Gasteiger partial charge in [0.2, 0.25) is 6.36 Å². The number of aromatic nitrogens is 4. The molecule has 1 amide bonds. The summed E-state index contributed by atoms with van der Waals surface area (Å²) < 4.78 is 29.3. The van der Waals surface area contributed by atoms with Crippen LogP contribution < -0.4 is 10.5 Å². The highest BCUT2D eigenvalue weighted by molar-refractivity contribution is 6.00. The third-order valence-electron chi connectivity index (χ3n) is 7.73. The van der Waals surface area contributed by atoms with Crippen LogP contribution in [-0.4, -0.2) is 68.6 Å². The van der Waals surface area contributed by atoms with Crippen LogP contribution in [0, 0.1) is 5.92 Å². The first kappa shape index (κ1) is 27.1.